The van der Waals surface area contributed by atoms with Gasteiger partial charge in [-0.1, -0.05) is 110 Å². The number of nitrogens with one attached hydrogen (secondary N) is 1. The Labute approximate surface area is 219 Å². The van der Waals surface area contributed by atoms with Crippen molar-refractivity contribution in [3.8, 4) is 0 Å². The molecule has 5 rings (SSSR count). The topological polar surface area (TPSA) is 58.4 Å². The smallest absolute Gasteiger partial charge is 0.329 e. The Balaban J connectivity index is 1.29. The predicted molar refractivity (Wildman–Crippen MR) is 145 cm³/mol. The number of carbonyl (C=O) groups excluding carboxylic acids is 2. The van der Waals surface area contributed by atoms with Crippen LogP contribution in [0.25, 0.3) is 0 Å². The van der Waals surface area contributed by atoms with Gasteiger partial charge in [0.05, 0.1) is 6.04 Å². The number of hydrogen-bond donors (Lipinski definition) is 1. The van der Waals surface area contributed by atoms with Crippen LogP contribution in [0, 0.1) is 5.92 Å². The van der Waals surface area contributed by atoms with Crippen molar-refractivity contribution in [3.63, 3.8) is 0 Å². The maximum Gasteiger partial charge on any atom is 0.329 e. The molecule has 1 N–H and O–H groups in total. The van der Waals surface area contributed by atoms with Crippen molar-refractivity contribution >= 4 is 11.9 Å². The summed E-state index contributed by atoms with van der Waals surface area (Å²) < 4.78 is 5.66. The zero-order chi connectivity index (χ0) is 25.5. The molecule has 1 saturated carbocycles. The van der Waals surface area contributed by atoms with Crippen molar-refractivity contribution < 1.29 is 14.3 Å². The lowest BCUT2D eigenvalue weighted by atomic mass is 9.89. The van der Waals surface area contributed by atoms with Gasteiger partial charge in [0.1, 0.15) is 18.7 Å². The van der Waals surface area contributed by atoms with Crippen molar-refractivity contribution in [2.45, 2.75) is 63.3 Å². The highest BCUT2D eigenvalue weighted by molar-refractivity contribution is 5.90. The third-order valence-corrected chi connectivity index (χ3v) is 7.64. The Hall–Kier alpha value is -3.44. The van der Waals surface area contributed by atoms with E-state index in [2.05, 4.69) is 22.3 Å². The fourth-order valence-electron chi connectivity index (χ4n) is 5.62. The lowest BCUT2D eigenvalue weighted by Gasteiger charge is -2.22. The SMILES string of the molecule is O=C(N[C@H](Cc1ccccc1)C(=O)OCc1ccccc1)C1C(c2ccccc2)N1CC1CCCCC1. The second kappa shape index (κ2) is 12.2. The number of esters is 1. The largest absolute Gasteiger partial charge is 0.459 e. The molecular formula is C32H36N2O3. The third kappa shape index (κ3) is 6.66. The van der Waals surface area contributed by atoms with E-state index in [9.17, 15) is 9.59 Å². The Morgan fingerprint density at radius 2 is 1.41 bits per heavy atom. The first-order valence-corrected chi connectivity index (χ1v) is 13.5. The molecular weight excluding hydrogens is 460 g/mol. The maximum absolute atomic E-state index is 13.7. The lowest BCUT2D eigenvalue weighted by molar-refractivity contribution is -0.149. The minimum atomic E-state index is -0.743. The fourth-order valence-corrected chi connectivity index (χ4v) is 5.62. The summed E-state index contributed by atoms with van der Waals surface area (Å²) in [5.41, 5.74) is 3.06. The number of benzene rings is 3. The molecule has 3 unspecified atom stereocenters. The molecule has 1 saturated heterocycles. The molecule has 0 bridgehead atoms. The van der Waals surface area contributed by atoms with Gasteiger partial charge in [-0.05, 0) is 35.4 Å². The fraction of sp³-hybridized carbons (Fsp3) is 0.375. The first kappa shape index (κ1) is 25.2. The van der Waals surface area contributed by atoms with Crippen LogP contribution in [0.1, 0.15) is 54.8 Å². The molecule has 1 aliphatic heterocycles. The Morgan fingerprint density at radius 1 is 0.811 bits per heavy atom. The highest BCUT2D eigenvalue weighted by Crippen LogP contribution is 2.45. The van der Waals surface area contributed by atoms with Crippen LogP contribution in [0.2, 0.25) is 0 Å². The predicted octanol–water partition coefficient (Wildman–Crippen LogP) is 5.46. The molecule has 37 heavy (non-hydrogen) atoms. The maximum atomic E-state index is 13.7. The van der Waals surface area contributed by atoms with Crippen LogP contribution >= 0.6 is 0 Å². The van der Waals surface area contributed by atoms with Gasteiger partial charge in [-0.25, -0.2) is 4.79 Å². The number of nitrogens with zero attached hydrogens (tertiary/aromatic N) is 1. The van der Waals surface area contributed by atoms with Crippen LogP contribution in [0.4, 0.5) is 0 Å². The molecule has 0 radical (unpaired) electrons. The average Bonchev–Trinajstić information content (AvgIpc) is 3.67. The van der Waals surface area contributed by atoms with E-state index in [4.69, 9.17) is 4.74 Å². The molecule has 2 fully saturated rings. The average molecular weight is 497 g/mol. The monoisotopic (exact) mass is 496 g/mol. The summed E-state index contributed by atoms with van der Waals surface area (Å²) in [5.74, 6) is 0.132. The molecule has 5 heteroatoms. The van der Waals surface area contributed by atoms with Crippen LogP contribution in [0.15, 0.2) is 91.0 Å². The normalized spacial score (nSPS) is 22.1. The molecule has 3 aromatic carbocycles. The van der Waals surface area contributed by atoms with Crippen LogP contribution in [-0.4, -0.2) is 35.4 Å². The zero-order valence-electron chi connectivity index (χ0n) is 21.3. The van der Waals surface area contributed by atoms with Gasteiger partial charge in [0.15, 0.2) is 0 Å². The summed E-state index contributed by atoms with van der Waals surface area (Å²) in [6, 6.07) is 28.7. The van der Waals surface area contributed by atoms with E-state index < -0.39 is 12.0 Å². The van der Waals surface area contributed by atoms with Gasteiger partial charge < -0.3 is 10.1 Å². The number of rotatable bonds is 10. The minimum absolute atomic E-state index is 0.0563. The lowest BCUT2D eigenvalue weighted by Crippen LogP contribution is -2.46. The summed E-state index contributed by atoms with van der Waals surface area (Å²) in [6.45, 7) is 1.12. The van der Waals surface area contributed by atoms with E-state index in [1.807, 2.05) is 78.9 Å². The quantitative estimate of drug-likeness (QED) is 0.299. The number of hydrogen-bond acceptors (Lipinski definition) is 4. The van der Waals surface area contributed by atoms with Crippen LogP contribution in [-0.2, 0) is 27.4 Å². The Morgan fingerprint density at radius 3 is 2.05 bits per heavy atom. The summed E-state index contributed by atoms with van der Waals surface area (Å²) in [4.78, 5) is 29.2. The van der Waals surface area contributed by atoms with E-state index in [-0.39, 0.29) is 24.6 Å². The van der Waals surface area contributed by atoms with Gasteiger partial charge in [-0.3, -0.25) is 9.69 Å². The standard InChI is InChI=1S/C32H36N2O3/c35-31(30-29(27-19-11-4-12-20-27)34(30)22-25-15-7-2-8-16-25)33-28(21-24-13-5-1-6-14-24)32(36)37-23-26-17-9-3-10-18-26/h1,3-6,9-14,17-20,25,28-30H,2,7-8,15-16,21-23H2,(H,33,35)/t28-,29?,30?,34?/m1/s1. The van der Waals surface area contributed by atoms with Gasteiger partial charge in [0.2, 0.25) is 5.91 Å². The summed E-state index contributed by atoms with van der Waals surface area (Å²) >= 11 is 0. The molecule has 1 aliphatic carbocycles. The zero-order valence-corrected chi connectivity index (χ0v) is 21.3. The molecule has 3 aromatic rings. The van der Waals surface area contributed by atoms with Crippen LogP contribution in [0.5, 0.6) is 0 Å². The molecule has 1 amide bonds. The highest BCUT2D eigenvalue weighted by atomic mass is 16.5. The molecule has 192 valence electrons. The van der Waals surface area contributed by atoms with E-state index in [1.165, 1.54) is 32.1 Å². The van der Waals surface area contributed by atoms with E-state index >= 15 is 0 Å². The van der Waals surface area contributed by atoms with Crippen molar-refractivity contribution in [3.05, 3.63) is 108 Å². The third-order valence-electron chi connectivity index (χ3n) is 7.64. The molecule has 0 aromatic heterocycles. The van der Waals surface area contributed by atoms with Gasteiger partial charge in [0.25, 0.3) is 0 Å². The van der Waals surface area contributed by atoms with Crippen LogP contribution < -0.4 is 5.32 Å². The summed E-state index contributed by atoms with van der Waals surface area (Å²) in [6.07, 6.45) is 6.72. The molecule has 5 nitrogen and oxygen atoms in total. The summed E-state index contributed by atoms with van der Waals surface area (Å²) in [5, 5.41) is 3.08. The summed E-state index contributed by atoms with van der Waals surface area (Å²) in [7, 11) is 0. The van der Waals surface area contributed by atoms with Crippen molar-refractivity contribution in [2.75, 3.05) is 6.54 Å². The number of amides is 1. The van der Waals surface area contributed by atoms with E-state index in [0.29, 0.717) is 12.3 Å². The van der Waals surface area contributed by atoms with Gasteiger partial charge >= 0.3 is 5.97 Å². The van der Waals surface area contributed by atoms with Gasteiger partial charge in [-0.2, -0.15) is 0 Å². The first-order chi connectivity index (χ1) is 18.2. The van der Waals surface area contributed by atoms with E-state index in [0.717, 1.165) is 23.2 Å². The van der Waals surface area contributed by atoms with Gasteiger partial charge in [0, 0.05) is 13.0 Å². The Bertz CT molecular complexity index is 1150. The van der Waals surface area contributed by atoms with Gasteiger partial charge in [-0.15, -0.1) is 0 Å². The minimum Gasteiger partial charge on any atom is -0.459 e. The number of ether oxygens (including phenoxy) is 1. The molecule has 0 spiro atoms. The second-order valence-corrected chi connectivity index (χ2v) is 10.3. The molecule has 2 aliphatic rings. The van der Waals surface area contributed by atoms with E-state index in [1.54, 1.807) is 0 Å². The Kier molecular flexibility index (Phi) is 8.32. The molecule has 1 heterocycles. The van der Waals surface area contributed by atoms with Crippen molar-refractivity contribution in [1.82, 2.24) is 10.2 Å². The van der Waals surface area contributed by atoms with Crippen molar-refractivity contribution in [1.29, 1.82) is 0 Å². The number of carbonyl (C=O) groups is 2. The van der Waals surface area contributed by atoms with Crippen molar-refractivity contribution in [2.24, 2.45) is 5.92 Å². The van der Waals surface area contributed by atoms with Crippen LogP contribution in [0.3, 0.4) is 0 Å². The first-order valence-electron chi connectivity index (χ1n) is 13.5. The molecule has 4 atom stereocenters. The second-order valence-electron chi connectivity index (χ2n) is 10.3. The highest BCUT2D eigenvalue weighted by Gasteiger charge is 2.54.